The Hall–Kier alpha value is -1.79. The molecule has 0 saturated heterocycles. The van der Waals surface area contributed by atoms with Crippen LogP contribution < -0.4 is 5.32 Å². The summed E-state index contributed by atoms with van der Waals surface area (Å²) in [4.78, 5) is 40.1. The number of para-hydroxylation sites is 1. The molecule has 0 spiro atoms. The first-order valence-corrected chi connectivity index (χ1v) is 10.3. The number of halogens is 4. The Morgan fingerprint density at radius 2 is 1.38 bits per heavy atom. The van der Waals surface area contributed by atoms with E-state index in [1.807, 2.05) is 19.9 Å². The first-order valence-electron chi connectivity index (χ1n) is 8.74. The number of hydrogen-bond donors (Lipinski definition) is 1. The number of carbonyl (C=O) groups excluding carboxylic acids is 3. The molecule has 152 valence electrons. The minimum absolute atomic E-state index is 0.0176. The zero-order valence-electron chi connectivity index (χ0n) is 15.4. The van der Waals surface area contributed by atoms with Crippen molar-refractivity contribution in [1.82, 2.24) is 4.90 Å². The summed E-state index contributed by atoms with van der Waals surface area (Å²) in [5.74, 6) is -1.94. The van der Waals surface area contributed by atoms with Crippen molar-refractivity contribution < 1.29 is 14.4 Å². The Bertz CT molecular complexity index is 962. The molecule has 1 aliphatic heterocycles. The van der Waals surface area contributed by atoms with Gasteiger partial charge in [-0.15, -0.1) is 0 Å². The molecule has 0 radical (unpaired) electrons. The van der Waals surface area contributed by atoms with Crippen LogP contribution in [0.3, 0.4) is 0 Å². The fourth-order valence-electron chi connectivity index (χ4n) is 3.17. The number of nitrogens with zero attached hydrogens (tertiary/aromatic N) is 1. The van der Waals surface area contributed by atoms with Crippen molar-refractivity contribution in [2.24, 2.45) is 5.92 Å². The summed E-state index contributed by atoms with van der Waals surface area (Å²) in [5.41, 5.74) is 0.264. The average Bonchev–Trinajstić information content (AvgIpc) is 2.94. The molecule has 29 heavy (non-hydrogen) atoms. The molecule has 1 atom stereocenters. The molecule has 3 rings (SSSR count). The number of amides is 3. The van der Waals surface area contributed by atoms with E-state index in [0.29, 0.717) is 5.69 Å². The third-order valence-corrected chi connectivity index (χ3v) is 6.28. The van der Waals surface area contributed by atoms with Gasteiger partial charge in [0.05, 0.1) is 31.2 Å². The Labute approximate surface area is 187 Å². The maximum atomic E-state index is 13.1. The molecule has 1 aliphatic rings. The molecule has 5 nitrogen and oxygen atoms in total. The van der Waals surface area contributed by atoms with Gasteiger partial charge < -0.3 is 5.32 Å². The van der Waals surface area contributed by atoms with Crippen LogP contribution >= 0.6 is 46.4 Å². The number of nitrogens with one attached hydrogen (secondary N) is 1. The van der Waals surface area contributed by atoms with Gasteiger partial charge in [-0.1, -0.05) is 78.5 Å². The largest absolute Gasteiger partial charge is 0.324 e. The summed E-state index contributed by atoms with van der Waals surface area (Å²) in [6, 6.07) is 7.69. The van der Waals surface area contributed by atoms with E-state index in [0.717, 1.165) is 4.90 Å². The zero-order valence-corrected chi connectivity index (χ0v) is 18.5. The molecule has 1 heterocycles. The van der Waals surface area contributed by atoms with E-state index in [-0.39, 0.29) is 43.6 Å². The van der Waals surface area contributed by atoms with Crippen molar-refractivity contribution in [2.75, 3.05) is 5.32 Å². The van der Waals surface area contributed by atoms with Crippen LogP contribution in [0.25, 0.3) is 0 Å². The second-order valence-electron chi connectivity index (χ2n) is 6.99. The second kappa shape index (κ2) is 8.52. The summed E-state index contributed by atoms with van der Waals surface area (Å²) in [7, 11) is 0. The fourth-order valence-corrected chi connectivity index (χ4v) is 4.19. The van der Waals surface area contributed by atoms with Crippen LogP contribution in [0.15, 0.2) is 30.3 Å². The molecular weight excluding hydrogens is 458 g/mol. The predicted molar refractivity (Wildman–Crippen MR) is 115 cm³/mol. The van der Waals surface area contributed by atoms with Crippen LogP contribution in [0.4, 0.5) is 5.69 Å². The van der Waals surface area contributed by atoms with E-state index in [1.54, 1.807) is 24.3 Å². The number of fused-ring (bicyclic) bond motifs is 1. The molecule has 0 aromatic heterocycles. The van der Waals surface area contributed by atoms with Gasteiger partial charge in [-0.3, -0.25) is 19.3 Å². The highest BCUT2D eigenvalue weighted by molar-refractivity contribution is 6.55. The Balaban J connectivity index is 2.04. The van der Waals surface area contributed by atoms with Crippen molar-refractivity contribution in [1.29, 1.82) is 0 Å². The lowest BCUT2D eigenvalue weighted by atomic mass is 10.0. The summed E-state index contributed by atoms with van der Waals surface area (Å²) in [5, 5.41) is 2.18. The van der Waals surface area contributed by atoms with Gasteiger partial charge in [-0.2, -0.15) is 0 Å². The lowest BCUT2D eigenvalue weighted by Gasteiger charge is -2.26. The number of rotatable bonds is 5. The van der Waals surface area contributed by atoms with E-state index in [9.17, 15) is 14.4 Å². The standard InChI is InChI=1S/C20H16Cl4N2O3/c1-9(2)8-11(18(27)25-10-6-4-3-5-7-10)26-19(28)12-13(20(26)29)15(22)17(24)16(23)14(12)21/h3-7,9,11H,8H2,1-2H3,(H,25,27)/t11-/m0/s1. The highest BCUT2D eigenvalue weighted by Gasteiger charge is 2.46. The minimum Gasteiger partial charge on any atom is -0.324 e. The average molecular weight is 474 g/mol. The van der Waals surface area contributed by atoms with Crippen LogP contribution in [0, 0.1) is 5.92 Å². The molecule has 3 amide bonds. The van der Waals surface area contributed by atoms with E-state index in [1.165, 1.54) is 0 Å². The molecule has 0 aliphatic carbocycles. The van der Waals surface area contributed by atoms with E-state index >= 15 is 0 Å². The van der Waals surface area contributed by atoms with Crippen molar-refractivity contribution in [3.8, 4) is 0 Å². The summed E-state index contributed by atoms with van der Waals surface area (Å²) in [6.45, 7) is 3.77. The normalized spacial score (nSPS) is 14.4. The van der Waals surface area contributed by atoms with E-state index in [4.69, 9.17) is 46.4 Å². The van der Waals surface area contributed by atoms with Crippen LogP contribution in [0.5, 0.6) is 0 Å². The molecule has 0 unspecified atom stereocenters. The maximum Gasteiger partial charge on any atom is 0.263 e. The van der Waals surface area contributed by atoms with E-state index in [2.05, 4.69) is 5.32 Å². The number of carbonyl (C=O) groups is 3. The Morgan fingerprint density at radius 1 is 0.897 bits per heavy atom. The Morgan fingerprint density at radius 3 is 1.83 bits per heavy atom. The van der Waals surface area contributed by atoms with Crippen LogP contribution in [-0.2, 0) is 4.79 Å². The van der Waals surface area contributed by atoms with Crippen molar-refractivity contribution in [3.63, 3.8) is 0 Å². The number of benzene rings is 2. The minimum atomic E-state index is -1.06. The first-order chi connectivity index (χ1) is 13.6. The SMILES string of the molecule is CC(C)C[C@@H](C(=O)Nc1ccccc1)N1C(=O)c2c(Cl)c(Cl)c(Cl)c(Cl)c2C1=O. The zero-order chi connectivity index (χ0) is 21.5. The maximum absolute atomic E-state index is 13.1. The lowest BCUT2D eigenvalue weighted by Crippen LogP contribution is -2.48. The summed E-state index contributed by atoms with van der Waals surface area (Å²) >= 11 is 24.5. The fraction of sp³-hybridized carbons (Fsp3) is 0.250. The smallest absolute Gasteiger partial charge is 0.263 e. The van der Waals surface area contributed by atoms with Gasteiger partial charge in [0.2, 0.25) is 5.91 Å². The van der Waals surface area contributed by atoms with Gasteiger partial charge in [0, 0.05) is 5.69 Å². The second-order valence-corrected chi connectivity index (χ2v) is 8.50. The molecule has 9 heteroatoms. The number of hydrogen-bond acceptors (Lipinski definition) is 3. The molecular formula is C20H16Cl4N2O3. The third-order valence-electron chi connectivity index (χ3n) is 4.48. The number of imide groups is 1. The first kappa shape index (κ1) is 21.9. The molecule has 0 bridgehead atoms. The van der Waals surface area contributed by atoms with Gasteiger partial charge >= 0.3 is 0 Å². The van der Waals surface area contributed by atoms with E-state index < -0.39 is 23.8 Å². The van der Waals surface area contributed by atoms with Gasteiger partial charge in [0.1, 0.15) is 6.04 Å². The molecule has 1 N–H and O–H groups in total. The molecule has 2 aromatic carbocycles. The highest BCUT2D eigenvalue weighted by Crippen LogP contribution is 2.45. The topological polar surface area (TPSA) is 66.5 Å². The van der Waals surface area contributed by atoms with Gasteiger partial charge in [0.25, 0.3) is 11.8 Å². The molecule has 0 fully saturated rings. The number of anilines is 1. The van der Waals surface area contributed by atoms with Crippen LogP contribution in [0.2, 0.25) is 20.1 Å². The quantitative estimate of drug-likeness (QED) is 0.331. The van der Waals surface area contributed by atoms with Crippen molar-refractivity contribution in [2.45, 2.75) is 26.3 Å². The predicted octanol–water partition coefficient (Wildman–Crippen LogP) is 5.95. The highest BCUT2D eigenvalue weighted by atomic mass is 35.5. The monoisotopic (exact) mass is 472 g/mol. The van der Waals surface area contributed by atoms with Crippen molar-refractivity contribution in [3.05, 3.63) is 61.5 Å². The molecule has 0 saturated carbocycles. The third kappa shape index (κ3) is 3.97. The van der Waals surface area contributed by atoms with Crippen molar-refractivity contribution >= 4 is 69.8 Å². The van der Waals surface area contributed by atoms with Gasteiger partial charge in [-0.25, -0.2) is 0 Å². The Kier molecular flexibility index (Phi) is 6.44. The van der Waals surface area contributed by atoms with Crippen LogP contribution in [0.1, 0.15) is 41.0 Å². The molecule has 2 aromatic rings. The lowest BCUT2D eigenvalue weighted by molar-refractivity contribution is -0.120. The van der Waals surface area contributed by atoms with Gasteiger partial charge in [0.15, 0.2) is 0 Å². The summed E-state index contributed by atoms with van der Waals surface area (Å²) in [6.07, 6.45) is 0.251. The summed E-state index contributed by atoms with van der Waals surface area (Å²) < 4.78 is 0. The van der Waals surface area contributed by atoms with Gasteiger partial charge in [-0.05, 0) is 24.5 Å². The van der Waals surface area contributed by atoms with Crippen LogP contribution in [-0.4, -0.2) is 28.7 Å².